The average Bonchev–Trinajstić information content (AvgIpc) is 3.24. The van der Waals surface area contributed by atoms with Gasteiger partial charge in [-0.3, -0.25) is 0 Å². The molecule has 320 valence electrons. The van der Waals surface area contributed by atoms with E-state index in [1.165, 1.54) is 12.1 Å². The van der Waals surface area contributed by atoms with Crippen LogP contribution < -0.4 is 19.7 Å². The number of aliphatic carboxylic acids is 2. The number of hydrogen-bond donors (Lipinski definition) is 0. The normalized spacial score (nSPS) is 14.4. The zero-order valence-corrected chi connectivity index (χ0v) is 37.1. The molecule has 0 aliphatic carbocycles. The Hall–Kier alpha value is -5.18. The molecule has 0 amide bonds. The van der Waals surface area contributed by atoms with Crippen molar-refractivity contribution in [2.24, 2.45) is 0 Å². The Morgan fingerprint density at radius 2 is 0.921 bits per heavy atom. The molecule has 2 heterocycles. The molecule has 63 heavy (non-hydrogen) atoms. The van der Waals surface area contributed by atoms with E-state index in [-0.39, 0.29) is 49.4 Å². The van der Waals surface area contributed by atoms with Crippen LogP contribution in [0.4, 0.5) is 8.78 Å². The molecule has 8 rings (SSSR count). The van der Waals surface area contributed by atoms with Gasteiger partial charge in [-0.25, -0.2) is 8.78 Å². The summed E-state index contributed by atoms with van der Waals surface area (Å²) in [7, 11) is 0. The first kappa shape index (κ1) is 47.3. The van der Waals surface area contributed by atoms with E-state index in [0.29, 0.717) is 62.3 Å². The van der Waals surface area contributed by atoms with Crippen LogP contribution in [0.25, 0.3) is 22.3 Å². The predicted molar refractivity (Wildman–Crippen MR) is 227 cm³/mol. The van der Waals surface area contributed by atoms with Crippen molar-refractivity contribution in [3.05, 3.63) is 178 Å². The molecule has 0 radical (unpaired) electrons. The summed E-state index contributed by atoms with van der Waals surface area (Å²) in [5.74, 6) is -1.63. The van der Waals surface area contributed by atoms with Crippen LogP contribution in [0.15, 0.2) is 133 Å². The van der Waals surface area contributed by atoms with E-state index in [9.17, 15) is 28.6 Å². The van der Waals surface area contributed by atoms with Crippen LogP contribution in [0.3, 0.4) is 0 Å². The quantitative estimate of drug-likeness (QED) is 0.101. The van der Waals surface area contributed by atoms with Crippen molar-refractivity contribution in [3.8, 4) is 33.8 Å². The Balaban J connectivity index is 0.000000206. The van der Waals surface area contributed by atoms with Gasteiger partial charge in [0.1, 0.15) is 47.5 Å². The third-order valence-corrected chi connectivity index (χ3v) is 10.9. The van der Waals surface area contributed by atoms with Gasteiger partial charge >= 0.3 is 37.7 Å². The van der Waals surface area contributed by atoms with Crippen molar-refractivity contribution in [1.29, 1.82) is 0 Å². The summed E-state index contributed by atoms with van der Waals surface area (Å²) in [5.41, 5.74) is 6.90. The van der Waals surface area contributed by atoms with E-state index in [4.69, 9.17) is 28.4 Å². The fourth-order valence-corrected chi connectivity index (χ4v) is 7.18. The number of ether oxygens (including phenoxy) is 6. The first-order valence-corrected chi connectivity index (χ1v) is 19.9. The number of rotatable bonds is 16. The SMILES string of the molecule is Cc1c(F)cccc1-c1cccc(COc2ccc(C3(OCC(=O)[O-])COC3)cc2)c1.Cc1c(F)cccc1-c1cccc(COc2ccc(C3(OCC(=O)[O-])COC3)cc2)c1.[Ca+2]. The first-order valence-electron chi connectivity index (χ1n) is 19.9. The summed E-state index contributed by atoms with van der Waals surface area (Å²) in [6, 6.07) is 40.4. The Kier molecular flexibility index (Phi) is 16.1. The van der Waals surface area contributed by atoms with Gasteiger partial charge in [-0.15, -0.1) is 0 Å². The predicted octanol–water partition coefficient (Wildman–Crippen LogP) is 6.36. The first-order chi connectivity index (χ1) is 29.9. The van der Waals surface area contributed by atoms with Crippen LogP contribution in [0, 0.1) is 25.5 Å². The molecule has 10 nitrogen and oxygen atoms in total. The second-order valence-corrected chi connectivity index (χ2v) is 15.1. The molecule has 13 heteroatoms. The van der Waals surface area contributed by atoms with Gasteiger partial charge in [0.15, 0.2) is 0 Å². The van der Waals surface area contributed by atoms with Crippen LogP contribution in [-0.2, 0) is 53.0 Å². The third kappa shape index (κ3) is 11.7. The molecular weight excluding hydrogens is 839 g/mol. The Labute approximate surface area is 394 Å². The number of hydrogen-bond acceptors (Lipinski definition) is 10. The minimum absolute atomic E-state index is 0. The van der Waals surface area contributed by atoms with Gasteiger partial charge in [0.05, 0.1) is 51.6 Å². The standard InChI is InChI=1S/2C25H23FO5.Ca/c2*1-17-22(6-3-7-23(17)26)19-5-2-4-18(12-19)13-30-21-10-8-20(9-11-21)25(15-29-16-25)31-14-24(27)28;/h2*2-12H,13-16H2,1H3,(H,27,28);/q;;+2/p-2. The zero-order valence-electron chi connectivity index (χ0n) is 34.9. The zero-order chi connectivity index (χ0) is 43.7. The van der Waals surface area contributed by atoms with Gasteiger partial charge < -0.3 is 48.2 Å². The van der Waals surface area contributed by atoms with E-state index in [0.717, 1.165) is 44.5 Å². The molecule has 2 saturated heterocycles. The summed E-state index contributed by atoms with van der Waals surface area (Å²) < 4.78 is 61.1. The van der Waals surface area contributed by atoms with E-state index in [1.807, 2.05) is 109 Å². The van der Waals surface area contributed by atoms with Crippen molar-refractivity contribution in [3.63, 3.8) is 0 Å². The van der Waals surface area contributed by atoms with Gasteiger partial charge in [0.2, 0.25) is 0 Å². The van der Waals surface area contributed by atoms with Crippen LogP contribution in [0.2, 0.25) is 0 Å². The molecule has 6 aromatic rings. The number of halogens is 2. The van der Waals surface area contributed by atoms with E-state index in [1.54, 1.807) is 26.0 Å². The third-order valence-electron chi connectivity index (χ3n) is 10.9. The Morgan fingerprint density at radius 3 is 1.25 bits per heavy atom. The van der Waals surface area contributed by atoms with Crippen LogP contribution in [0.1, 0.15) is 33.4 Å². The molecule has 2 aliphatic rings. The second kappa shape index (κ2) is 21.5. The maximum absolute atomic E-state index is 13.9. The number of carbonyl (C=O) groups excluding carboxylic acids is 2. The topological polar surface area (TPSA) is 136 Å². The molecule has 0 unspecified atom stereocenters. The monoisotopic (exact) mass is 882 g/mol. The summed E-state index contributed by atoms with van der Waals surface area (Å²) in [5, 5.41) is 21.5. The van der Waals surface area contributed by atoms with E-state index < -0.39 is 36.4 Å². The molecule has 0 bridgehead atoms. The van der Waals surface area contributed by atoms with Crippen LogP contribution >= 0.6 is 0 Å². The molecule has 0 spiro atoms. The fraction of sp³-hybridized carbons (Fsp3) is 0.240. The van der Waals surface area contributed by atoms with Gasteiger partial charge in [0.25, 0.3) is 0 Å². The summed E-state index contributed by atoms with van der Waals surface area (Å²) in [6.07, 6.45) is 0. The van der Waals surface area contributed by atoms with Crippen molar-refractivity contribution in [2.45, 2.75) is 38.3 Å². The van der Waals surface area contributed by atoms with E-state index in [2.05, 4.69) is 0 Å². The Morgan fingerprint density at radius 1 is 0.556 bits per heavy atom. The van der Waals surface area contributed by atoms with Gasteiger partial charge in [-0.2, -0.15) is 0 Å². The average molecular weight is 883 g/mol. The smallest absolute Gasteiger partial charge is 0.548 e. The van der Waals surface area contributed by atoms with Crippen LogP contribution in [0.5, 0.6) is 11.5 Å². The minimum Gasteiger partial charge on any atom is -0.548 e. The Bertz CT molecular complexity index is 2330. The van der Waals surface area contributed by atoms with Crippen molar-refractivity contribution in [2.75, 3.05) is 39.6 Å². The fourth-order valence-electron chi connectivity index (χ4n) is 7.18. The molecule has 6 aromatic carbocycles. The molecule has 0 atom stereocenters. The summed E-state index contributed by atoms with van der Waals surface area (Å²) in [6.45, 7) is 4.48. The minimum atomic E-state index is -1.26. The molecule has 0 saturated carbocycles. The van der Waals surface area contributed by atoms with Crippen molar-refractivity contribution < 1.29 is 57.0 Å². The van der Waals surface area contributed by atoms with Crippen molar-refractivity contribution in [1.82, 2.24) is 0 Å². The summed E-state index contributed by atoms with van der Waals surface area (Å²) in [4.78, 5) is 21.5. The molecular formula is C50H44CaF2O10. The van der Waals surface area contributed by atoms with Crippen molar-refractivity contribution >= 4 is 49.7 Å². The molecule has 0 aromatic heterocycles. The number of benzene rings is 6. The van der Waals surface area contributed by atoms with E-state index >= 15 is 0 Å². The van der Waals surface area contributed by atoms with Crippen LogP contribution in [-0.4, -0.2) is 89.3 Å². The maximum atomic E-state index is 13.9. The van der Waals surface area contributed by atoms with Gasteiger partial charge in [0, 0.05) is 0 Å². The second-order valence-electron chi connectivity index (χ2n) is 15.1. The maximum Gasteiger partial charge on any atom is 2.00 e. The molecule has 2 fully saturated rings. The number of carbonyl (C=O) groups is 2. The van der Waals surface area contributed by atoms with Gasteiger partial charge in [-0.05, 0) is 118 Å². The molecule has 2 aliphatic heterocycles. The number of carboxylic acid groups (broad SMARTS) is 2. The number of carboxylic acids is 2. The van der Waals surface area contributed by atoms with Gasteiger partial charge in [-0.1, -0.05) is 84.9 Å². The largest absolute Gasteiger partial charge is 2.00 e. The summed E-state index contributed by atoms with van der Waals surface area (Å²) >= 11 is 0. The molecule has 0 N–H and O–H groups in total.